The second-order valence-corrected chi connectivity index (χ2v) is 8.54. The molecule has 0 radical (unpaired) electrons. The van der Waals surface area contributed by atoms with Crippen molar-refractivity contribution in [1.82, 2.24) is 15.1 Å². The largest absolute Gasteiger partial charge is 0.484 e. The van der Waals surface area contributed by atoms with Gasteiger partial charge in [0.25, 0.3) is 0 Å². The first-order valence-corrected chi connectivity index (χ1v) is 11.4. The lowest BCUT2D eigenvalue weighted by Gasteiger charge is -2.27. The summed E-state index contributed by atoms with van der Waals surface area (Å²) in [6.07, 6.45) is 0.872. The maximum atomic E-state index is 13.8. The molecule has 37 heavy (non-hydrogen) atoms. The van der Waals surface area contributed by atoms with Crippen LogP contribution in [-0.4, -0.2) is 42.1 Å². The summed E-state index contributed by atoms with van der Waals surface area (Å²) in [6.45, 7) is -0.248. The molecule has 3 aromatic carbocycles. The van der Waals surface area contributed by atoms with Gasteiger partial charge in [0.2, 0.25) is 5.91 Å². The van der Waals surface area contributed by atoms with E-state index in [0.717, 1.165) is 23.0 Å². The van der Waals surface area contributed by atoms with Crippen LogP contribution >= 0.6 is 0 Å². The van der Waals surface area contributed by atoms with Crippen LogP contribution in [0.25, 0.3) is 16.6 Å². The highest BCUT2D eigenvalue weighted by molar-refractivity contribution is 5.82. The molecule has 0 aliphatic heterocycles. The number of benzene rings is 3. The molecular formula is C27H25F4N3O3. The highest BCUT2D eigenvalue weighted by Gasteiger charge is 2.32. The van der Waals surface area contributed by atoms with E-state index in [9.17, 15) is 22.4 Å². The molecule has 1 heterocycles. The Morgan fingerprint density at radius 2 is 1.78 bits per heavy atom. The molecule has 10 heteroatoms. The number of methoxy groups -OCH3 is 1. The quantitative estimate of drug-likeness (QED) is 0.284. The minimum atomic E-state index is -3.59. The number of amides is 1. The maximum Gasteiger partial charge on any atom is 0.301 e. The first kappa shape index (κ1) is 26.2. The Morgan fingerprint density at radius 3 is 2.43 bits per heavy atom. The van der Waals surface area contributed by atoms with Crippen LogP contribution in [0, 0.1) is 5.82 Å². The van der Waals surface area contributed by atoms with Crippen LogP contribution < -0.4 is 10.1 Å². The zero-order valence-corrected chi connectivity index (χ0v) is 20.1. The van der Waals surface area contributed by atoms with Crippen LogP contribution in [-0.2, 0) is 15.5 Å². The number of ether oxygens (including phenoxy) is 2. The van der Waals surface area contributed by atoms with Gasteiger partial charge in [0.1, 0.15) is 24.3 Å². The molecule has 0 bridgehead atoms. The van der Waals surface area contributed by atoms with Crippen LogP contribution in [0.15, 0.2) is 72.9 Å². The normalized spacial score (nSPS) is 13.4. The second kappa shape index (κ2) is 11.0. The second-order valence-electron chi connectivity index (χ2n) is 8.54. The lowest BCUT2D eigenvalue weighted by atomic mass is 9.99. The summed E-state index contributed by atoms with van der Waals surface area (Å²) in [5, 5.41) is 7.90. The highest BCUT2D eigenvalue weighted by atomic mass is 19.3. The average Bonchev–Trinajstić information content (AvgIpc) is 3.31. The lowest BCUT2D eigenvalue weighted by Crippen LogP contribution is -2.40. The molecule has 0 aliphatic carbocycles. The summed E-state index contributed by atoms with van der Waals surface area (Å²) in [7, 11) is 1.39. The molecule has 194 valence electrons. The van der Waals surface area contributed by atoms with Gasteiger partial charge in [-0.05, 0) is 55.0 Å². The van der Waals surface area contributed by atoms with E-state index in [1.54, 1.807) is 48.1 Å². The molecule has 0 spiro atoms. The van der Waals surface area contributed by atoms with E-state index in [-0.39, 0.29) is 18.3 Å². The van der Waals surface area contributed by atoms with E-state index in [4.69, 9.17) is 9.47 Å². The number of carbonyl (C=O) groups is 1. The van der Waals surface area contributed by atoms with Crippen molar-refractivity contribution in [1.29, 1.82) is 0 Å². The summed E-state index contributed by atoms with van der Waals surface area (Å²) in [4.78, 5) is 12.1. The predicted molar refractivity (Wildman–Crippen MR) is 130 cm³/mol. The molecule has 6 nitrogen and oxygen atoms in total. The van der Waals surface area contributed by atoms with Crippen molar-refractivity contribution in [2.45, 2.75) is 25.0 Å². The Morgan fingerprint density at radius 1 is 1.08 bits per heavy atom. The third-order valence-electron chi connectivity index (χ3n) is 5.82. The fourth-order valence-electron chi connectivity index (χ4n) is 3.97. The molecule has 0 aliphatic rings. The van der Waals surface area contributed by atoms with Gasteiger partial charge < -0.3 is 14.8 Å². The average molecular weight is 516 g/mol. The zero-order chi connectivity index (χ0) is 26.6. The van der Waals surface area contributed by atoms with Crippen LogP contribution in [0.4, 0.5) is 17.6 Å². The molecular weight excluding hydrogens is 490 g/mol. The third kappa shape index (κ3) is 5.91. The van der Waals surface area contributed by atoms with Crippen LogP contribution in [0.3, 0.4) is 0 Å². The van der Waals surface area contributed by atoms with E-state index in [2.05, 4.69) is 10.4 Å². The van der Waals surface area contributed by atoms with Crippen molar-refractivity contribution in [3.63, 3.8) is 0 Å². The molecule has 4 rings (SSSR count). The number of nitrogens with zero attached hydrogens (tertiary/aromatic N) is 2. The van der Waals surface area contributed by atoms with Gasteiger partial charge in [-0.2, -0.15) is 13.9 Å². The zero-order valence-electron chi connectivity index (χ0n) is 20.1. The number of nitrogens with one attached hydrogen (secondary N) is 1. The number of carbonyl (C=O) groups excluding carboxylic acids is 1. The molecule has 2 atom stereocenters. The summed E-state index contributed by atoms with van der Waals surface area (Å²) in [5.74, 6) is -3.87. The number of hydrogen-bond acceptors (Lipinski definition) is 4. The maximum absolute atomic E-state index is 13.8. The monoisotopic (exact) mass is 515 g/mol. The Bertz CT molecular complexity index is 1360. The van der Waals surface area contributed by atoms with Crippen LogP contribution in [0.1, 0.15) is 24.2 Å². The fraction of sp³-hybridized carbons (Fsp3) is 0.259. The molecule has 0 saturated carbocycles. The lowest BCUT2D eigenvalue weighted by molar-refractivity contribution is -0.126. The number of aromatic nitrogens is 2. The molecule has 1 aromatic heterocycles. The number of hydrogen-bond donors (Lipinski definition) is 1. The minimum Gasteiger partial charge on any atom is -0.484 e. The van der Waals surface area contributed by atoms with Crippen molar-refractivity contribution in [2.75, 3.05) is 20.4 Å². The van der Waals surface area contributed by atoms with E-state index in [0.29, 0.717) is 17.0 Å². The summed E-state index contributed by atoms with van der Waals surface area (Å²) >= 11 is 0. The first-order chi connectivity index (χ1) is 17.7. The van der Waals surface area contributed by atoms with Crippen molar-refractivity contribution >= 4 is 16.8 Å². The Hall–Kier alpha value is -3.92. The minimum absolute atomic E-state index is 0.159. The van der Waals surface area contributed by atoms with Crippen LogP contribution in [0.2, 0.25) is 0 Å². The van der Waals surface area contributed by atoms with Gasteiger partial charge in [0.15, 0.2) is 6.67 Å². The molecule has 0 saturated heterocycles. The number of fused-ring (bicyclic) bond motifs is 1. The smallest absolute Gasteiger partial charge is 0.301 e. The van der Waals surface area contributed by atoms with Crippen molar-refractivity contribution in [3.05, 3.63) is 89.9 Å². The Kier molecular flexibility index (Phi) is 7.77. The van der Waals surface area contributed by atoms with Gasteiger partial charge in [-0.25, -0.2) is 13.5 Å². The van der Waals surface area contributed by atoms with E-state index in [1.165, 1.54) is 31.4 Å². The fourth-order valence-corrected chi connectivity index (χ4v) is 3.97. The molecule has 1 amide bonds. The van der Waals surface area contributed by atoms with Crippen molar-refractivity contribution in [2.24, 2.45) is 0 Å². The molecule has 1 N–H and O–H groups in total. The van der Waals surface area contributed by atoms with Gasteiger partial charge in [-0.3, -0.25) is 4.79 Å². The standard InChI is InChI=1S/C27H25F4N3O3/c1-17(33-25(35)15-36-2)26(18-3-5-20(6-4-18)27(30,31)16-28)37-23-11-12-24-19(13-23)14-32-34(24)22-9-7-21(29)8-10-22/h3-14,17,26H,15-16H2,1-2H3,(H,33,35)/t17-,26-/m0/s1. The van der Waals surface area contributed by atoms with Gasteiger partial charge in [-0.1, -0.05) is 24.3 Å². The molecule has 0 fully saturated rings. The SMILES string of the molecule is COCC(=O)N[C@@H](C)[C@H](Oc1ccc2c(cnn2-c2ccc(F)cc2)c1)c1ccc(C(F)(F)CF)cc1. The van der Waals surface area contributed by atoms with Crippen molar-refractivity contribution in [3.8, 4) is 11.4 Å². The highest BCUT2D eigenvalue weighted by Crippen LogP contribution is 2.32. The summed E-state index contributed by atoms with van der Waals surface area (Å²) in [5.41, 5.74) is 1.49. The number of rotatable bonds is 10. The van der Waals surface area contributed by atoms with Gasteiger partial charge in [0, 0.05) is 18.1 Å². The summed E-state index contributed by atoms with van der Waals surface area (Å²) in [6, 6.07) is 15.7. The van der Waals surface area contributed by atoms with E-state index in [1.807, 2.05) is 0 Å². The van der Waals surface area contributed by atoms with Crippen molar-refractivity contribution < 1.29 is 31.8 Å². The number of alkyl halides is 3. The topological polar surface area (TPSA) is 65.4 Å². The van der Waals surface area contributed by atoms with Gasteiger partial charge >= 0.3 is 5.92 Å². The predicted octanol–water partition coefficient (Wildman–Crippen LogP) is 5.50. The van der Waals surface area contributed by atoms with E-state index < -0.39 is 30.3 Å². The van der Waals surface area contributed by atoms with Crippen LogP contribution in [0.5, 0.6) is 5.75 Å². The third-order valence-corrected chi connectivity index (χ3v) is 5.82. The van der Waals surface area contributed by atoms with Gasteiger partial charge in [0.05, 0.1) is 23.4 Å². The van der Waals surface area contributed by atoms with E-state index >= 15 is 0 Å². The first-order valence-electron chi connectivity index (χ1n) is 11.4. The van der Waals surface area contributed by atoms with Gasteiger partial charge in [-0.15, -0.1) is 0 Å². The molecule has 0 unspecified atom stereocenters. The summed E-state index contributed by atoms with van der Waals surface area (Å²) < 4.78 is 66.3. The molecule has 4 aromatic rings. The Balaban J connectivity index is 1.63. The number of halogens is 4. The Labute approximate surface area is 210 Å².